The summed E-state index contributed by atoms with van der Waals surface area (Å²) < 4.78 is 13.0. The van der Waals surface area contributed by atoms with Gasteiger partial charge in [-0.3, -0.25) is 5.10 Å². The van der Waals surface area contributed by atoms with E-state index < -0.39 is 5.82 Å². The molecule has 0 bridgehead atoms. The Bertz CT molecular complexity index is 517. The highest BCUT2D eigenvalue weighted by Gasteiger charge is 2.06. The average Bonchev–Trinajstić information content (AvgIpc) is 2.61. The van der Waals surface area contributed by atoms with Crippen molar-refractivity contribution in [2.45, 2.75) is 20.4 Å². The SMILES string of the molecule is Cc1n[nH]c(C)c1NCc1ccc(F)c(Cl)c1. The third-order valence-corrected chi connectivity index (χ3v) is 2.87. The lowest BCUT2D eigenvalue weighted by atomic mass is 10.2. The van der Waals surface area contributed by atoms with Crippen LogP contribution in [-0.2, 0) is 6.54 Å². The summed E-state index contributed by atoms with van der Waals surface area (Å²) in [5, 5.41) is 10.4. The molecule has 2 rings (SSSR count). The molecule has 0 saturated carbocycles. The fourth-order valence-corrected chi connectivity index (χ4v) is 1.85. The summed E-state index contributed by atoms with van der Waals surface area (Å²) in [6, 6.07) is 4.70. The Labute approximate surface area is 104 Å². The highest BCUT2D eigenvalue weighted by atomic mass is 35.5. The van der Waals surface area contributed by atoms with E-state index in [-0.39, 0.29) is 5.02 Å². The predicted molar refractivity (Wildman–Crippen MR) is 66.8 cm³/mol. The molecule has 0 spiro atoms. The minimum Gasteiger partial charge on any atom is -0.378 e. The first-order valence-electron chi connectivity index (χ1n) is 5.27. The minimum absolute atomic E-state index is 0.143. The molecule has 0 amide bonds. The van der Waals surface area contributed by atoms with E-state index in [2.05, 4.69) is 15.5 Å². The van der Waals surface area contributed by atoms with Crippen LogP contribution >= 0.6 is 11.6 Å². The van der Waals surface area contributed by atoms with Gasteiger partial charge in [0.25, 0.3) is 0 Å². The first kappa shape index (κ1) is 11.9. The van der Waals surface area contributed by atoms with Crippen LogP contribution in [0.1, 0.15) is 17.0 Å². The zero-order valence-corrected chi connectivity index (χ0v) is 10.4. The summed E-state index contributed by atoms with van der Waals surface area (Å²) in [7, 11) is 0. The lowest BCUT2D eigenvalue weighted by Gasteiger charge is -2.07. The summed E-state index contributed by atoms with van der Waals surface area (Å²) in [5.41, 5.74) is 3.80. The molecule has 0 aliphatic heterocycles. The molecule has 0 fully saturated rings. The van der Waals surface area contributed by atoms with Crippen LogP contribution in [0.15, 0.2) is 18.2 Å². The van der Waals surface area contributed by atoms with Gasteiger partial charge in [0.1, 0.15) is 5.82 Å². The third kappa shape index (κ3) is 2.58. The Hall–Kier alpha value is -1.55. The van der Waals surface area contributed by atoms with Gasteiger partial charge in [0, 0.05) is 6.54 Å². The fourth-order valence-electron chi connectivity index (χ4n) is 1.65. The Morgan fingerprint density at radius 3 is 2.76 bits per heavy atom. The van der Waals surface area contributed by atoms with Gasteiger partial charge in [-0.15, -0.1) is 0 Å². The number of anilines is 1. The lowest BCUT2D eigenvalue weighted by Crippen LogP contribution is -2.01. The van der Waals surface area contributed by atoms with Gasteiger partial charge in [0.15, 0.2) is 0 Å². The van der Waals surface area contributed by atoms with Crippen LogP contribution in [0.3, 0.4) is 0 Å². The van der Waals surface area contributed by atoms with Crippen molar-refractivity contribution in [1.82, 2.24) is 10.2 Å². The number of hydrogen-bond donors (Lipinski definition) is 2. The number of aryl methyl sites for hydroxylation is 2. The molecule has 90 valence electrons. The number of aromatic nitrogens is 2. The summed E-state index contributed by atoms with van der Waals surface area (Å²) in [6.07, 6.45) is 0. The largest absolute Gasteiger partial charge is 0.378 e. The number of hydrogen-bond acceptors (Lipinski definition) is 2. The first-order valence-corrected chi connectivity index (χ1v) is 5.65. The predicted octanol–water partition coefficient (Wildman–Crippen LogP) is 3.43. The fraction of sp³-hybridized carbons (Fsp3) is 0.250. The van der Waals surface area contributed by atoms with Gasteiger partial charge in [-0.1, -0.05) is 17.7 Å². The summed E-state index contributed by atoms with van der Waals surface area (Å²) in [5.74, 6) is -0.397. The van der Waals surface area contributed by atoms with E-state index in [0.29, 0.717) is 6.54 Å². The molecule has 0 saturated heterocycles. The Morgan fingerprint density at radius 1 is 1.41 bits per heavy atom. The molecule has 5 heteroatoms. The smallest absolute Gasteiger partial charge is 0.141 e. The van der Waals surface area contributed by atoms with Crippen LogP contribution in [-0.4, -0.2) is 10.2 Å². The first-order chi connectivity index (χ1) is 8.08. The van der Waals surface area contributed by atoms with E-state index >= 15 is 0 Å². The van der Waals surface area contributed by atoms with Crippen molar-refractivity contribution in [2.24, 2.45) is 0 Å². The van der Waals surface area contributed by atoms with Gasteiger partial charge >= 0.3 is 0 Å². The molecule has 0 unspecified atom stereocenters. The minimum atomic E-state index is -0.397. The van der Waals surface area contributed by atoms with E-state index in [4.69, 9.17) is 11.6 Å². The second-order valence-electron chi connectivity index (χ2n) is 3.91. The van der Waals surface area contributed by atoms with E-state index in [9.17, 15) is 4.39 Å². The van der Waals surface area contributed by atoms with Crippen LogP contribution in [0.2, 0.25) is 5.02 Å². The summed E-state index contributed by atoms with van der Waals surface area (Å²) in [6.45, 7) is 4.45. The number of benzene rings is 1. The molecule has 0 atom stereocenters. The highest BCUT2D eigenvalue weighted by Crippen LogP contribution is 2.19. The van der Waals surface area contributed by atoms with Crippen molar-refractivity contribution in [1.29, 1.82) is 0 Å². The number of H-pyrrole nitrogens is 1. The Morgan fingerprint density at radius 2 is 2.18 bits per heavy atom. The van der Waals surface area contributed by atoms with Gasteiger partial charge < -0.3 is 5.32 Å². The van der Waals surface area contributed by atoms with Gasteiger partial charge in [-0.05, 0) is 31.5 Å². The molecular formula is C12H13ClFN3. The molecule has 3 nitrogen and oxygen atoms in total. The van der Waals surface area contributed by atoms with Gasteiger partial charge in [0.05, 0.1) is 22.1 Å². The lowest BCUT2D eigenvalue weighted by molar-refractivity contribution is 0.627. The van der Waals surface area contributed by atoms with Gasteiger partial charge in [-0.2, -0.15) is 5.10 Å². The van der Waals surface area contributed by atoms with E-state index in [1.54, 1.807) is 12.1 Å². The zero-order chi connectivity index (χ0) is 12.4. The number of nitrogens with zero attached hydrogens (tertiary/aromatic N) is 1. The number of rotatable bonds is 3. The average molecular weight is 254 g/mol. The highest BCUT2D eigenvalue weighted by molar-refractivity contribution is 6.30. The normalized spacial score (nSPS) is 10.6. The maximum Gasteiger partial charge on any atom is 0.141 e. The Kier molecular flexibility index (Phi) is 3.33. The molecule has 2 aromatic rings. The van der Waals surface area contributed by atoms with Crippen molar-refractivity contribution >= 4 is 17.3 Å². The molecule has 0 aliphatic carbocycles. The number of halogens is 2. The van der Waals surface area contributed by atoms with Crippen LogP contribution in [0, 0.1) is 19.7 Å². The maximum atomic E-state index is 13.0. The van der Waals surface area contributed by atoms with Crippen molar-refractivity contribution in [3.8, 4) is 0 Å². The van der Waals surface area contributed by atoms with Crippen molar-refractivity contribution < 1.29 is 4.39 Å². The molecule has 1 aromatic carbocycles. The van der Waals surface area contributed by atoms with E-state index in [1.807, 2.05) is 13.8 Å². The standard InChI is InChI=1S/C12H13ClFN3/c1-7-12(8(2)17-16-7)15-6-9-3-4-11(14)10(13)5-9/h3-5,15H,6H2,1-2H3,(H,16,17). The maximum absolute atomic E-state index is 13.0. The van der Waals surface area contributed by atoms with Crippen LogP contribution in [0.4, 0.5) is 10.1 Å². The zero-order valence-electron chi connectivity index (χ0n) is 9.64. The molecular weight excluding hydrogens is 241 g/mol. The molecule has 1 aromatic heterocycles. The Balaban J connectivity index is 2.10. The second kappa shape index (κ2) is 4.75. The number of aromatic amines is 1. The summed E-state index contributed by atoms with van der Waals surface area (Å²) in [4.78, 5) is 0. The van der Waals surface area contributed by atoms with Crippen molar-refractivity contribution in [3.05, 3.63) is 46.0 Å². The molecule has 0 aliphatic rings. The van der Waals surface area contributed by atoms with Gasteiger partial charge in [0.2, 0.25) is 0 Å². The molecule has 2 N–H and O–H groups in total. The monoisotopic (exact) mass is 253 g/mol. The van der Waals surface area contributed by atoms with E-state index in [1.165, 1.54) is 6.07 Å². The topological polar surface area (TPSA) is 40.7 Å². The van der Waals surface area contributed by atoms with Crippen LogP contribution in [0.5, 0.6) is 0 Å². The van der Waals surface area contributed by atoms with Crippen molar-refractivity contribution in [2.75, 3.05) is 5.32 Å². The summed E-state index contributed by atoms with van der Waals surface area (Å²) >= 11 is 5.72. The molecule has 17 heavy (non-hydrogen) atoms. The van der Waals surface area contributed by atoms with Crippen LogP contribution < -0.4 is 5.32 Å². The van der Waals surface area contributed by atoms with Gasteiger partial charge in [-0.25, -0.2) is 4.39 Å². The van der Waals surface area contributed by atoms with Crippen molar-refractivity contribution in [3.63, 3.8) is 0 Å². The number of nitrogens with one attached hydrogen (secondary N) is 2. The van der Waals surface area contributed by atoms with Crippen LogP contribution in [0.25, 0.3) is 0 Å². The second-order valence-corrected chi connectivity index (χ2v) is 4.32. The molecule has 1 heterocycles. The molecule has 0 radical (unpaired) electrons. The third-order valence-electron chi connectivity index (χ3n) is 2.58. The quantitative estimate of drug-likeness (QED) is 0.880. The van der Waals surface area contributed by atoms with E-state index in [0.717, 1.165) is 22.6 Å².